The minimum absolute atomic E-state index is 0.0214. The Morgan fingerprint density at radius 1 is 1.29 bits per heavy atom. The molecule has 0 aliphatic carbocycles. The molecule has 0 spiro atoms. The van der Waals surface area contributed by atoms with Gasteiger partial charge >= 0.3 is 0 Å². The van der Waals surface area contributed by atoms with Crippen LogP contribution in [0.3, 0.4) is 0 Å². The van der Waals surface area contributed by atoms with Crippen molar-refractivity contribution in [1.29, 1.82) is 0 Å². The summed E-state index contributed by atoms with van der Waals surface area (Å²) in [5.41, 5.74) is 0. The second kappa shape index (κ2) is 4.31. The van der Waals surface area contributed by atoms with Crippen LogP contribution in [0, 0.1) is 0 Å². The highest BCUT2D eigenvalue weighted by Gasteiger charge is 2.28. The Labute approximate surface area is 85.7 Å². The number of carbonyl (C=O) groups excluding carboxylic acids is 1. The van der Waals surface area contributed by atoms with Gasteiger partial charge in [-0.05, 0) is 26.1 Å². The van der Waals surface area contributed by atoms with E-state index in [1.54, 1.807) is 0 Å². The lowest BCUT2D eigenvalue weighted by molar-refractivity contribution is -0.131. The van der Waals surface area contributed by atoms with Crippen molar-refractivity contribution < 1.29 is 4.79 Å². The molecule has 1 rings (SSSR count). The first-order valence-corrected chi connectivity index (χ1v) is 4.91. The third-order valence-electron chi connectivity index (χ3n) is 2.73. The molecule has 1 heterocycles. The Bertz CT molecular complexity index is 250. The van der Waals surface area contributed by atoms with Crippen LogP contribution in [0.2, 0.25) is 0 Å². The fourth-order valence-electron chi connectivity index (χ4n) is 1.83. The molecular formula is C11H18N2O. The zero-order chi connectivity index (χ0) is 10.7. The van der Waals surface area contributed by atoms with Crippen molar-refractivity contribution in [3.63, 3.8) is 0 Å². The number of hydrogen-bond donors (Lipinski definition) is 0. The quantitative estimate of drug-likeness (QED) is 0.617. The van der Waals surface area contributed by atoms with Gasteiger partial charge in [0.15, 0.2) is 0 Å². The molecule has 1 aliphatic rings. The van der Waals surface area contributed by atoms with Gasteiger partial charge < -0.3 is 9.80 Å². The summed E-state index contributed by atoms with van der Waals surface area (Å²) in [5, 5.41) is 0. The van der Waals surface area contributed by atoms with Crippen molar-refractivity contribution in [2.75, 3.05) is 13.1 Å². The average molecular weight is 194 g/mol. The van der Waals surface area contributed by atoms with Crippen LogP contribution in [0.25, 0.3) is 0 Å². The van der Waals surface area contributed by atoms with E-state index in [9.17, 15) is 4.79 Å². The first-order chi connectivity index (χ1) is 6.60. The van der Waals surface area contributed by atoms with Gasteiger partial charge in [-0.3, -0.25) is 4.79 Å². The summed E-state index contributed by atoms with van der Waals surface area (Å²) < 4.78 is 0. The fourth-order valence-corrected chi connectivity index (χ4v) is 1.83. The Hall–Kier alpha value is -1.25. The van der Waals surface area contributed by atoms with E-state index in [2.05, 4.69) is 25.0 Å². The highest BCUT2D eigenvalue weighted by molar-refractivity contribution is 5.87. The molecule has 0 aromatic carbocycles. The first kappa shape index (κ1) is 10.8. The number of amides is 1. The Kier molecular flexibility index (Phi) is 3.33. The smallest absolute Gasteiger partial charge is 0.246 e. The first-order valence-electron chi connectivity index (χ1n) is 4.91. The zero-order valence-electron chi connectivity index (χ0n) is 8.94. The fraction of sp³-hybridized carbons (Fsp3) is 0.545. The van der Waals surface area contributed by atoms with E-state index in [1.807, 2.05) is 18.0 Å². The van der Waals surface area contributed by atoms with E-state index in [4.69, 9.17) is 0 Å². The summed E-state index contributed by atoms with van der Waals surface area (Å²) >= 11 is 0. The van der Waals surface area contributed by atoms with Crippen LogP contribution in [0.1, 0.15) is 13.8 Å². The number of nitrogens with zero attached hydrogens (tertiary/aromatic N) is 2. The average Bonchev–Trinajstić information content (AvgIpc) is 2.19. The molecule has 0 radical (unpaired) electrons. The predicted molar refractivity (Wildman–Crippen MR) is 57.7 cm³/mol. The van der Waals surface area contributed by atoms with Gasteiger partial charge in [0.1, 0.15) is 0 Å². The van der Waals surface area contributed by atoms with Crippen LogP contribution in [-0.4, -0.2) is 40.9 Å². The molecule has 1 unspecified atom stereocenters. The largest absolute Gasteiger partial charge is 0.371 e. The van der Waals surface area contributed by atoms with Gasteiger partial charge in [-0.2, -0.15) is 0 Å². The monoisotopic (exact) mass is 194 g/mol. The lowest BCUT2D eigenvalue weighted by Crippen LogP contribution is -2.55. The van der Waals surface area contributed by atoms with Gasteiger partial charge in [-0.15, -0.1) is 0 Å². The highest BCUT2D eigenvalue weighted by Crippen LogP contribution is 2.15. The van der Waals surface area contributed by atoms with E-state index in [-0.39, 0.29) is 11.9 Å². The molecule has 3 nitrogen and oxygen atoms in total. The summed E-state index contributed by atoms with van der Waals surface area (Å²) in [6.45, 7) is 13.0. The van der Waals surface area contributed by atoms with Crippen LogP contribution >= 0.6 is 0 Å². The molecule has 1 aliphatic heterocycles. The van der Waals surface area contributed by atoms with Gasteiger partial charge in [0.05, 0.1) is 0 Å². The van der Waals surface area contributed by atoms with Crippen molar-refractivity contribution in [1.82, 2.24) is 9.80 Å². The zero-order valence-corrected chi connectivity index (χ0v) is 8.94. The summed E-state index contributed by atoms with van der Waals surface area (Å²) in [5.74, 6) is 0.0214. The van der Waals surface area contributed by atoms with Crippen LogP contribution in [0.5, 0.6) is 0 Å². The van der Waals surface area contributed by atoms with Gasteiger partial charge in [0.25, 0.3) is 0 Å². The molecule has 0 aromatic heterocycles. The SMILES string of the molecule is C=CC(=O)N1C[C@H](C)N(C=C)CC1C. The standard InChI is InChI=1S/C11H18N2O/c1-5-11(14)13-8-9(3)12(6-2)7-10(13)4/h5-6,9-10H,1-2,7-8H2,3-4H3/t9-,10?/m0/s1. The number of hydrogen-bond acceptors (Lipinski definition) is 2. The summed E-state index contributed by atoms with van der Waals surface area (Å²) in [6, 6.07) is 0.572. The topological polar surface area (TPSA) is 23.6 Å². The molecule has 1 saturated heterocycles. The van der Waals surface area contributed by atoms with E-state index in [1.165, 1.54) is 6.08 Å². The van der Waals surface area contributed by atoms with E-state index in [0.717, 1.165) is 13.1 Å². The minimum atomic E-state index is 0.0214. The lowest BCUT2D eigenvalue weighted by Gasteiger charge is -2.43. The third kappa shape index (κ3) is 1.97. The van der Waals surface area contributed by atoms with Crippen molar-refractivity contribution in [3.8, 4) is 0 Å². The van der Waals surface area contributed by atoms with Crippen LogP contribution in [0.4, 0.5) is 0 Å². The maximum Gasteiger partial charge on any atom is 0.246 e. The molecule has 1 fully saturated rings. The Morgan fingerprint density at radius 3 is 2.43 bits per heavy atom. The van der Waals surface area contributed by atoms with Crippen molar-refractivity contribution in [2.45, 2.75) is 25.9 Å². The van der Waals surface area contributed by atoms with Crippen LogP contribution < -0.4 is 0 Å². The van der Waals surface area contributed by atoms with Crippen molar-refractivity contribution in [3.05, 3.63) is 25.4 Å². The molecule has 0 saturated carbocycles. The molecule has 78 valence electrons. The van der Waals surface area contributed by atoms with Gasteiger partial charge in [0.2, 0.25) is 5.91 Å². The summed E-state index contributed by atoms with van der Waals surface area (Å²) in [7, 11) is 0. The summed E-state index contributed by atoms with van der Waals surface area (Å²) in [4.78, 5) is 15.5. The van der Waals surface area contributed by atoms with Crippen LogP contribution in [0.15, 0.2) is 25.4 Å². The molecule has 0 N–H and O–H groups in total. The summed E-state index contributed by atoms with van der Waals surface area (Å²) in [6.07, 6.45) is 3.23. The van der Waals surface area contributed by atoms with E-state index >= 15 is 0 Å². The highest BCUT2D eigenvalue weighted by atomic mass is 16.2. The molecule has 2 atom stereocenters. The number of carbonyl (C=O) groups is 1. The number of piperazine rings is 1. The Balaban J connectivity index is 2.70. The third-order valence-corrected chi connectivity index (χ3v) is 2.73. The maximum absolute atomic E-state index is 11.5. The maximum atomic E-state index is 11.5. The predicted octanol–water partition coefficient (Wildman–Crippen LogP) is 1.24. The van der Waals surface area contributed by atoms with Gasteiger partial charge in [-0.25, -0.2) is 0 Å². The second-order valence-electron chi connectivity index (χ2n) is 3.77. The number of rotatable bonds is 2. The molecule has 0 bridgehead atoms. The molecule has 3 heteroatoms. The van der Waals surface area contributed by atoms with Crippen molar-refractivity contribution in [2.24, 2.45) is 0 Å². The van der Waals surface area contributed by atoms with Crippen molar-refractivity contribution >= 4 is 5.91 Å². The normalized spacial score (nSPS) is 27.3. The Morgan fingerprint density at radius 2 is 1.93 bits per heavy atom. The molecule has 0 aromatic rings. The van der Waals surface area contributed by atoms with Gasteiger partial charge in [-0.1, -0.05) is 13.2 Å². The molecular weight excluding hydrogens is 176 g/mol. The van der Waals surface area contributed by atoms with Crippen LogP contribution in [-0.2, 0) is 4.79 Å². The van der Waals surface area contributed by atoms with E-state index in [0.29, 0.717) is 6.04 Å². The van der Waals surface area contributed by atoms with Gasteiger partial charge in [0, 0.05) is 25.2 Å². The second-order valence-corrected chi connectivity index (χ2v) is 3.77. The molecule has 1 amide bonds. The minimum Gasteiger partial charge on any atom is -0.371 e. The van der Waals surface area contributed by atoms with E-state index < -0.39 is 0 Å². The molecule has 14 heavy (non-hydrogen) atoms. The lowest BCUT2D eigenvalue weighted by atomic mass is 10.1.